The highest BCUT2D eigenvalue weighted by Crippen LogP contribution is 2.21. The Morgan fingerprint density at radius 3 is 2.60 bits per heavy atom. The lowest BCUT2D eigenvalue weighted by molar-refractivity contribution is -0.133. The Morgan fingerprint density at radius 1 is 1.03 bits per heavy atom. The first-order valence-electron chi connectivity index (χ1n) is 10.4. The van der Waals surface area contributed by atoms with E-state index in [1.54, 1.807) is 6.20 Å². The quantitative estimate of drug-likeness (QED) is 0.554. The van der Waals surface area contributed by atoms with E-state index in [-0.39, 0.29) is 5.91 Å². The fraction of sp³-hybridized carbons (Fsp3) is 0.333. The van der Waals surface area contributed by atoms with Gasteiger partial charge in [-0.15, -0.1) is 0 Å². The van der Waals surface area contributed by atoms with Crippen molar-refractivity contribution < 1.29 is 9.21 Å². The van der Waals surface area contributed by atoms with Gasteiger partial charge in [-0.25, -0.2) is 4.98 Å². The van der Waals surface area contributed by atoms with Crippen LogP contribution in [0.2, 0.25) is 5.02 Å². The summed E-state index contributed by atoms with van der Waals surface area (Å²) in [4.78, 5) is 21.3. The molecule has 1 aliphatic heterocycles. The van der Waals surface area contributed by atoms with Gasteiger partial charge in [-0.1, -0.05) is 54.1 Å². The van der Waals surface area contributed by atoms with E-state index in [4.69, 9.17) is 16.0 Å². The van der Waals surface area contributed by atoms with Crippen LogP contribution in [0.3, 0.4) is 0 Å². The maximum Gasteiger partial charge on any atom is 0.222 e. The summed E-state index contributed by atoms with van der Waals surface area (Å²) in [5.74, 6) is 1.67. The molecule has 3 aromatic rings. The van der Waals surface area contributed by atoms with E-state index in [0.717, 1.165) is 55.5 Å². The van der Waals surface area contributed by atoms with Gasteiger partial charge in [-0.2, -0.15) is 0 Å². The van der Waals surface area contributed by atoms with Crippen molar-refractivity contribution in [3.05, 3.63) is 77.3 Å². The predicted octanol–water partition coefficient (Wildman–Crippen LogP) is 4.66. The molecule has 1 fully saturated rings. The third-order valence-corrected chi connectivity index (χ3v) is 5.65. The first kappa shape index (κ1) is 20.6. The smallest absolute Gasteiger partial charge is 0.222 e. The number of carbonyl (C=O) groups excluding carboxylic acids is 1. The van der Waals surface area contributed by atoms with Gasteiger partial charge in [0.05, 0.1) is 6.20 Å². The van der Waals surface area contributed by atoms with Crippen LogP contribution >= 0.6 is 11.6 Å². The second-order valence-electron chi connectivity index (χ2n) is 7.62. The molecule has 1 aromatic heterocycles. The highest BCUT2D eigenvalue weighted by atomic mass is 35.5. The van der Waals surface area contributed by atoms with Crippen molar-refractivity contribution in [1.82, 2.24) is 14.8 Å². The molecule has 0 unspecified atom stereocenters. The van der Waals surface area contributed by atoms with Gasteiger partial charge in [-0.05, 0) is 24.1 Å². The Labute approximate surface area is 182 Å². The highest BCUT2D eigenvalue weighted by Gasteiger charge is 2.21. The monoisotopic (exact) mass is 423 g/mol. The minimum Gasteiger partial charge on any atom is -0.441 e. The number of oxazole rings is 1. The number of amides is 1. The molecule has 0 radical (unpaired) electrons. The van der Waals surface area contributed by atoms with E-state index in [0.29, 0.717) is 18.7 Å². The van der Waals surface area contributed by atoms with Crippen LogP contribution in [0.15, 0.2) is 65.2 Å². The topological polar surface area (TPSA) is 49.6 Å². The van der Waals surface area contributed by atoms with Crippen LogP contribution in [0, 0.1) is 0 Å². The number of benzene rings is 2. The lowest BCUT2D eigenvalue weighted by Crippen LogP contribution is -2.48. The van der Waals surface area contributed by atoms with E-state index < -0.39 is 0 Å². The molecule has 1 aliphatic rings. The molecule has 156 valence electrons. The minimum atomic E-state index is 0.215. The average molecular weight is 424 g/mol. The number of nitrogens with zero attached hydrogens (tertiary/aromatic N) is 3. The van der Waals surface area contributed by atoms with E-state index >= 15 is 0 Å². The number of aryl methyl sites for hydroxylation is 1. The summed E-state index contributed by atoms with van der Waals surface area (Å²) in [6, 6.07) is 17.9. The van der Waals surface area contributed by atoms with Gasteiger partial charge in [0.25, 0.3) is 0 Å². The lowest BCUT2D eigenvalue weighted by Gasteiger charge is -2.34. The first-order chi connectivity index (χ1) is 14.7. The molecular formula is C24H26ClN3O2. The van der Waals surface area contributed by atoms with Gasteiger partial charge in [0.1, 0.15) is 0 Å². The third kappa shape index (κ3) is 5.49. The molecule has 0 bridgehead atoms. The molecule has 0 aliphatic carbocycles. The molecule has 0 N–H and O–H groups in total. The molecule has 0 atom stereocenters. The summed E-state index contributed by atoms with van der Waals surface area (Å²) in [7, 11) is 0. The van der Waals surface area contributed by atoms with Gasteiger partial charge in [0.2, 0.25) is 5.91 Å². The van der Waals surface area contributed by atoms with Gasteiger partial charge in [0.15, 0.2) is 11.7 Å². The maximum absolute atomic E-state index is 12.6. The maximum atomic E-state index is 12.6. The SMILES string of the molecule is O=C(CCCc1ncc(-c2ccccc2)o1)N1CCN(Cc2cccc(Cl)c2)CC1. The average Bonchev–Trinajstić information content (AvgIpc) is 3.24. The van der Waals surface area contributed by atoms with Gasteiger partial charge >= 0.3 is 0 Å². The first-order valence-corrected chi connectivity index (χ1v) is 10.8. The van der Waals surface area contributed by atoms with E-state index in [9.17, 15) is 4.79 Å². The summed E-state index contributed by atoms with van der Waals surface area (Å²) in [6.45, 7) is 4.19. The standard InChI is InChI=1S/C24H26ClN3O2/c25-21-9-4-6-19(16-21)18-27-12-14-28(15-13-27)24(29)11-5-10-23-26-17-22(30-23)20-7-2-1-3-8-20/h1-4,6-9,16-17H,5,10-15,18H2. The minimum absolute atomic E-state index is 0.215. The molecule has 0 saturated carbocycles. The molecule has 6 heteroatoms. The summed E-state index contributed by atoms with van der Waals surface area (Å²) >= 11 is 6.07. The Balaban J connectivity index is 1.19. The molecule has 4 rings (SSSR count). The number of carbonyl (C=O) groups is 1. The van der Waals surface area contributed by atoms with Gasteiger partial charge in [-0.3, -0.25) is 9.69 Å². The number of rotatable bonds is 7. The van der Waals surface area contributed by atoms with Gasteiger partial charge in [0, 0.05) is 56.2 Å². The van der Waals surface area contributed by atoms with Crippen molar-refractivity contribution in [2.75, 3.05) is 26.2 Å². The molecule has 5 nitrogen and oxygen atoms in total. The molecule has 2 heterocycles. The van der Waals surface area contributed by atoms with Crippen molar-refractivity contribution >= 4 is 17.5 Å². The van der Waals surface area contributed by atoms with Crippen molar-refractivity contribution in [2.24, 2.45) is 0 Å². The number of hydrogen-bond acceptors (Lipinski definition) is 4. The fourth-order valence-electron chi connectivity index (χ4n) is 3.76. The Hall–Kier alpha value is -2.63. The summed E-state index contributed by atoms with van der Waals surface area (Å²) in [6.07, 6.45) is 3.70. The zero-order valence-corrected chi connectivity index (χ0v) is 17.7. The van der Waals surface area contributed by atoms with Crippen LogP contribution in [0.25, 0.3) is 11.3 Å². The predicted molar refractivity (Wildman–Crippen MR) is 118 cm³/mol. The molecule has 0 spiro atoms. The number of hydrogen-bond donors (Lipinski definition) is 0. The summed E-state index contributed by atoms with van der Waals surface area (Å²) in [5, 5.41) is 0.767. The highest BCUT2D eigenvalue weighted by molar-refractivity contribution is 6.30. The van der Waals surface area contributed by atoms with Crippen molar-refractivity contribution in [3.63, 3.8) is 0 Å². The Bertz CT molecular complexity index is 965. The van der Waals surface area contributed by atoms with E-state index in [1.165, 1.54) is 5.56 Å². The summed E-state index contributed by atoms with van der Waals surface area (Å²) in [5.41, 5.74) is 2.23. The van der Waals surface area contributed by atoms with Gasteiger partial charge < -0.3 is 9.32 Å². The molecule has 1 amide bonds. The van der Waals surface area contributed by atoms with Crippen molar-refractivity contribution in [1.29, 1.82) is 0 Å². The Kier molecular flexibility index (Phi) is 6.82. The third-order valence-electron chi connectivity index (χ3n) is 5.41. The van der Waals surface area contributed by atoms with Crippen LogP contribution in [0.4, 0.5) is 0 Å². The zero-order chi connectivity index (χ0) is 20.8. The number of aromatic nitrogens is 1. The normalized spacial score (nSPS) is 14.8. The van der Waals surface area contributed by atoms with Crippen LogP contribution < -0.4 is 0 Å². The van der Waals surface area contributed by atoms with Crippen LogP contribution in [0.5, 0.6) is 0 Å². The van der Waals surface area contributed by atoms with Crippen LogP contribution in [-0.4, -0.2) is 46.9 Å². The molecular weight excluding hydrogens is 398 g/mol. The van der Waals surface area contributed by atoms with E-state index in [1.807, 2.05) is 53.4 Å². The molecule has 2 aromatic carbocycles. The molecule has 30 heavy (non-hydrogen) atoms. The summed E-state index contributed by atoms with van der Waals surface area (Å²) < 4.78 is 5.82. The van der Waals surface area contributed by atoms with Crippen molar-refractivity contribution in [2.45, 2.75) is 25.8 Å². The van der Waals surface area contributed by atoms with Crippen LogP contribution in [0.1, 0.15) is 24.3 Å². The Morgan fingerprint density at radius 2 is 1.83 bits per heavy atom. The number of halogens is 1. The second kappa shape index (κ2) is 9.92. The van der Waals surface area contributed by atoms with E-state index in [2.05, 4.69) is 16.0 Å². The fourth-order valence-corrected chi connectivity index (χ4v) is 3.97. The second-order valence-corrected chi connectivity index (χ2v) is 8.06. The molecule has 1 saturated heterocycles. The number of piperazine rings is 1. The zero-order valence-electron chi connectivity index (χ0n) is 17.0. The van der Waals surface area contributed by atoms with Crippen molar-refractivity contribution in [3.8, 4) is 11.3 Å². The largest absolute Gasteiger partial charge is 0.441 e. The lowest BCUT2D eigenvalue weighted by atomic mass is 10.1. The van der Waals surface area contributed by atoms with Crippen LogP contribution in [-0.2, 0) is 17.8 Å².